The zero-order valence-electron chi connectivity index (χ0n) is 12.7. The van der Waals surface area contributed by atoms with Crippen LogP contribution in [-0.4, -0.2) is 14.1 Å². The van der Waals surface area contributed by atoms with Crippen molar-refractivity contribution in [2.75, 3.05) is 0 Å². The summed E-state index contributed by atoms with van der Waals surface area (Å²) in [5.74, 6) is -0.266. The number of hydrogen-bond acceptors (Lipinski definition) is 3. The monoisotopic (exact) mass is 336 g/mol. The van der Waals surface area contributed by atoms with Crippen molar-refractivity contribution in [2.45, 2.75) is 4.90 Å². The molecule has 120 valence electrons. The van der Waals surface area contributed by atoms with Crippen LogP contribution in [0.3, 0.4) is 0 Å². The highest BCUT2D eigenvalue weighted by Gasteiger charge is 2.15. The third-order valence-corrected chi connectivity index (χ3v) is 4.75. The molecule has 0 saturated carbocycles. The molecule has 4 nitrogen and oxygen atoms in total. The summed E-state index contributed by atoms with van der Waals surface area (Å²) >= 11 is 0. The maximum Gasteiger partial charge on any atom is 0.282 e. The molecule has 0 spiro atoms. The van der Waals surface area contributed by atoms with Gasteiger partial charge in [-0.05, 0) is 29.3 Å². The lowest BCUT2D eigenvalue weighted by molar-refractivity contribution is -0.244. The molecule has 0 fully saturated rings. The Bertz CT molecular complexity index is 954. The first kappa shape index (κ1) is 16.0. The van der Waals surface area contributed by atoms with Crippen molar-refractivity contribution in [3.8, 4) is 0 Å². The lowest BCUT2D eigenvalue weighted by Gasteiger charge is -2.19. The van der Waals surface area contributed by atoms with Crippen molar-refractivity contribution in [1.29, 1.82) is 0 Å². The van der Waals surface area contributed by atoms with Gasteiger partial charge in [-0.15, -0.1) is 0 Å². The summed E-state index contributed by atoms with van der Waals surface area (Å²) in [4.78, 5) is 0.0898. The molecule has 3 rings (SSSR count). The smallest absolute Gasteiger partial charge is 0.282 e. The number of nitrogens with zero attached hydrogens (tertiary/aromatic N) is 1. The number of sulfonamides is 1. The van der Waals surface area contributed by atoms with Gasteiger partial charge in [0.2, 0.25) is 0 Å². The lowest BCUT2D eigenvalue weighted by atomic mass is 10.0. The van der Waals surface area contributed by atoms with Gasteiger partial charge >= 0.3 is 0 Å². The van der Waals surface area contributed by atoms with E-state index in [-0.39, 0.29) is 21.9 Å². The molecule has 0 aliphatic heterocycles. The van der Waals surface area contributed by atoms with Gasteiger partial charge in [0.05, 0.1) is 10.6 Å². The maximum atomic E-state index is 12.6. The fourth-order valence-electron chi connectivity index (χ4n) is 2.26. The van der Waals surface area contributed by atoms with Crippen LogP contribution in [0.4, 0.5) is 0 Å². The number of rotatable bonds is 3. The molecule has 0 N–H and O–H groups in total. The van der Waals surface area contributed by atoms with E-state index in [9.17, 15) is 13.5 Å². The molecule has 0 unspecified atom stereocenters. The highest BCUT2D eigenvalue weighted by Crippen LogP contribution is 2.21. The topological polar surface area (TPSA) is 69.6 Å². The van der Waals surface area contributed by atoms with E-state index in [4.69, 9.17) is 0 Å². The summed E-state index contributed by atoms with van der Waals surface area (Å²) in [6.45, 7) is 0. The fraction of sp³-hybridized carbons (Fsp3) is 0. The summed E-state index contributed by atoms with van der Waals surface area (Å²) in [7, 11) is -3.88. The second-order valence-corrected chi connectivity index (χ2v) is 6.70. The van der Waals surface area contributed by atoms with Crippen molar-refractivity contribution < 1.29 is 13.5 Å². The maximum absolute atomic E-state index is 12.6. The van der Waals surface area contributed by atoms with E-state index in [0.29, 0.717) is 5.56 Å². The molecule has 1 aliphatic carbocycles. The molecule has 0 aromatic heterocycles. The number of hydrogen-bond donors (Lipinski definition) is 0. The molecular weight excluding hydrogens is 322 g/mol. The Balaban J connectivity index is 2.09. The zero-order chi connectivity index (χ0) is 17.0. The quantitative estimate of drug-likeness (QED) is 0.809. The van der Waals surface area contributed by atoms with Crippen molar-refractivity contribution >= 4 is 21.5 Å². The Hall–Kier alpha value is -2.92. The average molecular weight is 336 g/mol. The van der Waals surface area contributed by atoms with Crippen molar-refractivity contribution in [2.24, 2.45) is 4.40 Å². The first-order valence-electron chi connectivity index (χ1n) is 7.30. The Labute approximate surface area is 140 Å². The van der Waals surface area contributed by atoms with Crippen molar-refractivity contribution in [1.82, 2.24) is 0 Å². The molecule has 0 bridgehead atoms. The van der Waals surface area contributed by atoms with E-state index in [0.717, 1.165) is 0 Å². The first-order chi connectivity index (χ1) is 11.6. The third-order valence-electron chi connectivity index (χ3n) is 3.44. The van der Waals surface area contributed by atoms with Crippen LogP contribution in [0.5, 0.6) is 0 Å². The van der Waals surface area contributed by atoms with Crippen LogP contribution >= 0.6 is 0 Å². The Morgan fingerprint density at radius 3 is 2.08 bits per heavy atom. The molecule has 0 heterocycles. The minimum atomic E-state index is -3.88. The highest BCUT2D eigenvalue weighted by molar-refractivity contribution is 7.90. The summed E-state index contributed by atoms with van der Waals surface area (Å²) in [5.41, 5.74) is 0.871. The zero-order valence-corrected chi connectivity index (χ0v) is 13.5. The van der Waals surface area contributed by atoms with Crippen LogP contribution in [0, 0.1) is 0 Å². The van der Waals surface area contributed by atoms with Crippen LogP contribution < -0.4 is 5.11 Å². The average Bonchev–Trinajstić information content (AvgIpc) is 2.63. The van der Waals surface area contributed by atoms with Gasteiger partial charge in [-0.1, -0.05) is 72.5 Å². The van der Waals surface area contributed by atoms with Crippen LogP contribution in [0.15, 0.2) is 99.8 Å². The van der Waals surface area contributed by atoms with Crippen molar-refractivity contribution in [3.05, 3.63) is 96.1 Å². The molecule has 0 saturated heterocycles. The Morgan fingerprint density at radius 2 is 1.42 bits per heavy atom. The first-order valence-corrected chi connectivity index (χ1v) is 8.74. The van der Waals surface area contributed by atoms with E-state index in [1.807, 2.05) is 6.07 Å². The minimum Gasteiger partial charge on any atom is -0.872 e. The molecule has 0 amide bonds. The molecule has 0 radical (unpaired) electrons. The molecule has 1 aliphatic rings. The van der Waals surface area contributed by atoms with Gasteiger partial charge in [-0.2, -0.15) is 12.8 Å². The SMILES string of the molecule is O=S(=O)(N=C1C=CC=CC1=C([O-])c1ccccc1)c1ccccc1. The summed E-state index contributed by atoms with van der Waals surface area (Å²) in [6.07, 6.45) is 6.44. The molecule has 5 heteroatoms. The van der Waals surface area contributed by atoms with Crippen LogP contribution in [0.2, 0.25) is 0 Å². The van der Waals surface area contributed by atoms with Gasteiger partial charge in [-0.3, -0.25) is 0 Å². The summed E-state index contributed by atoms with van der Waals surface area (Å²) in [6, 6.07) is 16.6. The van der Waals surface area contributed by atoms with Gasteiger partial charge in [0.1, 0.15) is 0 Å². The fourth-order valence-corrected chi connectivity index (χ4v) is 3.29. The molecular formula is C19H14NO3S-. The van der Waals surface area contributed by atoms with Gasteiger partial charge in [-0.25, -0.2) is 0 Å². The third kappa shape index (κ3) is 3.36. The van der Waals surface area contributed by atoms with Gasteiger partial charge in [0.25, 0.3) is 10.0 Å². The lowest BCUT2D eigenvalue weighted by Crippen LogP contribution is -2.13. The van der Waals surface area contributed by atoms with Crippen molar-refractivity contribution in [3.63, 3.8) is 0 Å². The number of allylic oxidation sites excluding steroid dienone is 5. The van der Waals surface area contributed by atoms with Gasteiger partial charge in [0, 0.05) is 0 Å². The van der Waals surface area contributed by atoms with Gasteiger partial charge < -0.3 is 5.11 Å². The summed E-state index contributed by atoms with van der Waals surface area (Å²) in [5, 5.41) is 12.6. The Morgan fingerprint density at radius 1 is 0.833 bits per heavy atom. The standard InChI is InChI=1S/C19H15NO3S/c21-19(15-9-3-1-4-10-15)17-13-7-8-14-18(17)20-24(22,23)16-11-5-2-6-12-16/h1-14,21H/p-1. The molecule has 24 heavy (non-hydrogen) atoms. The van der Waals surface area contributed by atoms with E-state index in [1.54, 1.807) is 60.7 Å². The molecule has 2 aromatic rings. The predicted molar refractivity (Wildman–Crippen MR) is 92.7 cm³/mol. The second-order valence-electron chi connectivity index (χ2n) is 5.09. The highest BCUT2D eigenvalue weighted by atomic mass is 32.2. The molecule has 2 aromatic carbocycles. The van der Waals surface area contributed by atoms with E-state index >= 15 is 0 Å². The van der Waals surface area contributed by atoms with E-state index < -0.39 is 10.0 Å². The normalized spacial score (nSPS) is 17.9. The van der Waals surface area contributed by atoms with E-state index in [1.165, 1.54) is 18.2 Å². The predicted octanol–water partition coefficient (Wildman–Crippen LogP) is 2.71. The number of benzene rings is 2. The molecule has 0 atom stereocenters. The van der Waals surface area contributed by atoms with Crippen LogP contribution in [-0.2, 0) is 10.0 Å². The van der Waals surface area contributed by atoms with Crippen LogP contribution in [0.1, 0.15) is 5.56 Å². The second kappa shape index (κ2) is 6.68. The summed E-state index contributed by atoms with van der Waals surface area (Å²) < 4.78 is 28.7. The minimum absolute atomic E-state index is 0.0898. The van der Waals surface area contributed by atoms with E-state index in [2.05, 4.69) is 4.40 Å². The van der Waals surface area contributed by atoms with Gasteiger partial charge in [0.15, 0.2) is 0 Å². The van der Waals surface area contributed by atoms with Crippen LogP contribution in [0.25, 0.3) is 5.76 Å². The Kier molecular flexibility index (Phi) is 4.44. The largest absolute Gasteiger partial charge is 0.872 e.